The maximum Gasteiger partial charge on any atom is 0.227 e. The molecule has 0 spiro atoms. The minimum Gasteiger partial charge on any atom is -0.497 e. The van der Waals surface area contributed by atoms with E-state index >= 15 is 0 Å². The van der Waals surface area contributed by atoms with E-state index in [9.17, 15) is 4.79 Å². The SMILES string of the molecule is COc1ccc(NC(=O)C2CCN(c3ccc(-n4nc(C)cc4C)nn3)CC2)c(OC)c1. The van der Waals surface area contributed by atoms with Gasteiger partial charge in [-0.1, -0.05) is 0 Å². The summed E-state index contributed by atoms with van der Waals surface area (Å²) in [6.07, 6.45) is 1.48. The van der Waals surface area contributed by atoms with Gasteiger partial charge in [0, 0.05) is 30.8 Å². The monoisotopic (exact) mass is 436 g/mol. The fourth-order valence-corrected chi connectivity index (χ4v) is 3.97. The number of nitrogens with zero attached hydrogens (tertiary/aromatic N) is 5. The van der Waals surface area contributed by atoms with Crippen molar-refractivity contribution in [3.05, 3.63) is 47.8 Å². The van der Waals surface area contributed by atoms with Crippen LogP contribution in [0.25, 0.3) is 5.82 Å². The maximum atomic E-state index is 12.8. The second kappa shape index (κ2) is 9.25. The van der Waals surface area contributed by atoms with Gasteiger partial charge >= 0.3 is 0 Å². The van der Waals surface area contributed by atoms with Crippen LogP contribution in [0.5, 0.6) is 11.5 Å². The van der Waals surface area contributed by atoms with Gasteiger partial charge in [0.25, 0.3) is 0 Å². The molecule has 4 rings (SSSR count). The highest BCUT2D eigenvalue weighted by atomic mass is 16.5. The van der Waals surface area contributed by atoms with Gasteiger partial charge in [-0.2, -0.15) is 5.10 Å². The van der Waals surface area contributed by atoms with Gasteiger partial charge in [0.2, 0.25) is 5.91 Å². The lowest BCUT2D eigenvalue weighted by atomic mass is 9.95. The van der Waals surface area contributed by atoms with E-state index in [1.54, 1.807) is 37.1 Å². The van der Waals surface area contributed by atoms with Crippen molar-refractivity contribution < 1.29 is 14.3 Å². The molecule has 0 radical (unpaired) electrons. The van der Waals surface area contributed by atoms with Crippen LogP contribution in [0.4, 0.5) is 11.5 Å². The third kappa shape index (κ3) is 4.51. The van der Waals surface area contributed by atoms with E-state index in [1.807, 2.05) is 32.0 Å². The van der Waals surface area contributed by atoms with Gasteiger partial charge < -0.3 is 19.7 Å². The van der Waals surface area contributed by atoms with Crippen LogP contribution in [-0.2, 0) is 4.79 Å². The molecule has 1 amide bonds. The largest absolute Gasteiger partial charge is 0.497 e. The highest BCUT2D eigenvalue weighted by Crippen LogP contribution is 2.30. The Balaban J connectivity index is 1.36. The number of methoxy groups -OCH3 is 2. The summed E-state index contributed by atoms with van der Waals surface area (Å²) in [5.41, 5.74) is 2.61. The summed E-state index contributed by atoms with van der Waals surface area (Å²) >= 11 is 0. The van der Waals surface area contributed by atoms with E-state index in [4.69, 9.17) is 9.47 Å². The third-order valence-corrected chi connectivity index (χ3v) is 5.72. The normalized spacial score (nSPS) is 14.3. The van der Waals surface area contributed by atoms with Crippen molar-refractivity contribution in [1.29, 1.82) is 0 Å². The molecule has 32 heavy (non-hydrogen) atoms. The second-order valence-electron chi connectivity index (χ2n) is 7.91. The zero-order valence-corrected chi connectivity index (χ0v) is 18.8. The van der Waals surface area contributed by atoms with Crippen LogP contribution in [-0.4, -0.2) is 53.2 Å². The highest BCUT2D eigenvalue weighted by molar-refractivity contribution is 5.94. The molecule has 3 heterocycles. The molecule has 9 nitrogen and oxygen atoms in total. The predicted molar refractivity (Wildman–Crippen MR) is 122 cm³/mol. The van der Waals surface area contributed by atoms with Crippen molar-refractivity contribution in [2.75, 3.05) is 37.5 Å². The number of carbonyl (C=O) groups is 1. The second-order valence-corrected chi connectivity index (χ2v) is 7.91. The van der Waals surface area contributed by atoms with Crippen LogP contribution in [0.1, 0.15) is 24.2 Å². The van der Waals surface area contributed by atoms with Crippen molar-refractivity contribution in [3.63, 3.8) is 0 Å². The Morgan fingerprint density at radius 3 is 2.31 bits per heavy atom. The maximum absolute atomic E-state index is 12.8. The Kier molecular flexibility index (Phi) is 6.25. The van der Waals surface area contributed by atoms with Gasteiger partial charge in [-0.15, -0.1) is 10.2 Å². The lowest BCUT2D eigenvalue weighted by Gasteiger charge is -2.32. The van der Waals surface area contributed by atoms with Gasteiger partial charge in [-0.3, -0.25) is 4.79 Å². The first-order chi connectivity index (χ1) is 15.5. The molecule has 0 unspecified atom stereocenters. The average Bonchev–Trinajstić information content (AvgIpc) is 3.17. The van der Waals surface area contributed by atoms with Crippen LogP contribution in [0.3, 0.4) is 0 Å². The first-order valence-corrected chi connectivity index (χ1v) is 10.6. The molecule has 1 aliphatic heterocycles. The number of aryl methyl sites for hydroxylation is 2. The van der Waals surface area contributed by atoms with Crippen molar-refractivity contribution in [1.82, 2.24) is 20.0 Å². The third-order valence-electron chi connectivity index (χ3n) is 5.72. The summed E-state index contributed by atoms with van der Waals surface area (Å²) in [6, 6.07) is 11.2. The molecule has 1 fully saturated rings. The van der Waals surface area contributed by atoms with Crippen molar-refractivity contribution in [2.24, 2.45) is 5.92 Å². The zero-order chi connectivity index (χ0) is 22.7. The van der Waals surface area contributed by atoms with Crippen molar-refractivity contribution >= 4 is 17.4 Å². The molecule has 0 aliphatic carbocycles. The van der Waals surface area contributed by atoms with E-state index in [-0.39, 0.29) is 11.8 Å². The molecule has 168 valence electrons. The number of amides is 1. The molecule has 1 aromatic carbocycles. The highest BCUT2D eigenvalue weighted by Gasteiger charge is 2.26. The first-order valence-electron chi connectivity index (χ1n) is 10.6. The van der Waals surface area contributed by atoms with Crippen LogP contribution in [0, 0.1) is 19.8 Å². The summed E-state index contributed by atoms with van der Waals surface area (Å²) in [7, 11) is 3.17. The number of benzene rings is 1. The van der Waals surface area contributed by atoms with Crippen molar-refractivity contribution in [3.8, 4) is 17.3 Å². The Labute approximate surface area is 187 Å². The van der Waals surface area contributed by atoms with Gasteiger partial charge in [0.1, 0.15) is 11.5 Å². The molecule has 2 aromatic heterocycles. The van der Waals surface area contributed by atoms with Gasteiger partial charge in [0.15, 0.2) is 11.6 Å². The summed E-state index contributed by atoms with van der Waals surface area (Å²) in [5, 5.41) is 16.2. The fraction of sp³-hybridized carbons (Fsp3) is 0.391. The quantitative estimate of drug-likeness (QED) is 0.634. The lowest BCUT2D eigenvalue weighted by Crippen LogP contribution is -2.38. The Morgan fingerprint density at radius 1 is 1.00 bits per heavy atom. The number of rotatable bonds is 6. The summed E-state index contributed by atoms with van der Waals surface area (Å²) in [5.74, 6) is 2.69. The molecule has 0 saturated carbocycles. The first kappa shape index (κ1) is 21.6. The van der Waals surface area contributed by atoms with Crippen LogP contribution >= 0.6 is 0 Å². The standard InChI is InChI=1S/C23H28N6O3/c1-15-13-16(2)29(27-15)22-8-7-21(25-26-22)28-11-9-17(10-12-28)23(30)24-19-6-5-18(31-3)14-20(19)32-4/h5-8,13-14,17H,9-12H2,1-4H3,(H,24,30). The smallest absolute Gasteiger partial charge is 0.227 e. The van der Waals surface area contributed by atoms with Gasteiger partial charge in [0.05, 0.1) is 25.6 Å². The Morgan fingerprint density at radius 2 is 1.72 bits per heavy atom. The molecule has 1 N–H and O–H groups in total. The van der Waals surface area contributed by atoms with E-state index in [1.165, 1.54) is 0 Å². The van der Waals surface area contributed by atoms with E-state index in [2.05, 4.69) is 25.5 Å². The van der Waals surface area contributed by atoms with E-state index in [0.29, 0.717) is 23.0 Å². The van der Waals surface area contributed by atoms with Crippen LogP contribution in [0.15, 0.2) is 36.4 Å². The molecule has 9 heteroatoms. The van der Waals surface area contributed by atoms with Crippen LogP contribution < -0.4 is 19.7 Å². The van der Waals surface area contributed by atoms with Gasteiger partial charge in [-0.05, 0) is 57.0 Å². The minimum atomic E-state index is -0.0695. The number of ether oxygens (including phenoxy) is 2. The Hall–Kier alpha value is -3.62. The predicted octanol–water partition coefficient (Wildman–Crippen LogP) is 3.15. The number of aromatic nitrogens is 4. The summed E-state index contributed by atoms with van der Waals surface area (Å²) in [4.78, 5) is 15.0. The Bertz CT molecular complexity index is 1090. The summed E-state index contributed by atoms with van der Waals surface area (Å²) in [6.45, 7) is 5.43. The molecule has 0 bridgehead atoms. The van der Waals surface area contributed by atoms with Crippen molar-refractivity contribution in [2.45, 2.75) is 26.7 Å². The number of hydrogen-bond donors (Lipinski definition) is 1. The van der Waals surface area contributed by atoms with Gasteiger partial charge in [-0.25, -0.2) is 4.68 Å². The fourth-order valence-electron chi connectivity index (χ4n) is 3.97. The topological polar surface area (TPSA) is 94.4 Å². The molecule has 1 aliphatic rings. The van der Waals surface area contributed by atoms with Crippen LogP contribution in [0.2, 0.25) is 0 Å². The zero-order valence-electron chi connectivity index (χ0n) is 18.8. The average molecular weight is 437 g/mol. The van der Waals surface area contributed by atoms with E-state index < -0.39 is 0 Å². The number of carbonyl (C=O) groups excluding carboxylic acids is 1. The van der Waals surface area contributed by atoms with E-state index in [0.717, 1.165) is 43.1 Å². The number of piperidine rings is 1. The lowest BCUT2D eigenvalue weighted by molar-refractivity contribution is -0.120. The molecule has 3 aromatic rings. The molecule has 1 saturated heterocycles. The molecular weight excluding hydrogens is 408 g/mol. The molecule has 0 atom stereocenters. The summed E-state index contributed by atoms with van der Waals surface area (Å²) < 4.78 is 12.4. The number of anilines is 2. The number of hydrogen-bond acceptors (Lipinski definition) is 7. The molecular formula is C23H28N6O3. The number of nitrogens with one attached hydrogen (secondary N) is 1. The minimum absolute atomic E-state index is 0.000855.